The highest BCUT2D eigenvalue weighted by molar-refractivity contribution is 5.77. The molecule has 1 aliphatic rings. The van der Waals surface area contributed by atoms with Crippen molar-refractivity contribution in [2.45, 2.75) is 58.9 Å². The van der Waals surface area contributed by atoms with Crippen LogP contribution in [0.15, 0.2) is 16.5 Å². The van der Waals surface area contributed by atoms with Crippen LogP contribution in [-0.2, 0) is 24.7 Å². The van der Waals surface area contributed by atoms with Gasteiger partial charge in [-0.25, -0.2) is 0 Å². The van der Waals surface area contributed by atoms with Gasteiger partial charge in [-0.2, -0.15) is 5.10 Å². The van der Waals surface area contributed by atoms with Crippen LogP contribution in [0.25, 0.3) is 0 Å². The zero-order valence-electron chi connectivity index (χ0n) is 15.1. The number of carbonyl (C=O) groups is 1. The number of rotatable bonds is 5. The van der Waals surface area contributed by atoms with Crippen LogP contribution in [0.1, 0.15) is 60.7 Å². The monoisotopic (exact) mass is 329 g/mol. The zero-order valence-corrected chi connectivity index (χ0v) is 15.1. The van der Waals surface area contributed by atoms with Crippen LogP contribution in [0, 0.1) is 13.8 Å². The molecule has 24 heavy (non-hydrogen) atoms. The van der Waals surface area contributed by atoms with Crippen LogP contribution in [0.2, 0.25) is 0 Å². The van der Waals surface area contributed by atoms with Crippen LogP contribution in [0.3, 0.4) is 0 Å². The summed E-state index contributed by atoms with van der Waals surface area (Å²) in [6.07, 6.45) is 4.22. The van der Waals surface area contributed by atoms with Crippen LogP contribution in [0.5, 0.6) is 0 Å². The molecule has 1 atom stereocenters. The first-order valence-corrected chi connectivity index (χ1v) is 8.88. The molecule has 1 fully saturated rings. The van der Waals surface area contributed by atoms with Gasteiger partial charge in [-0.05, 0) is 50.8 Å². The van der Waals surface area contributed by atoms with E-state index < -0.39 is 0 Å². The second-order valence-corrected chi connectivity index (χ2v) is 6.68. The molecule has 5 heteroatoms. The molecule has 1 amide bonds. The van der Waals surface area contributed by atoms with Crippen molar-refractivity contribution < 1.29 is 9.21 Å². The second kappa shape index (κ2) is 6.83. The second-order valence-electron chi connectivity index (χ2n) is 6.68. The highest BCUT2D eigenvalue weighted by atomic mass is 16.3. The van der Waals surface area contributed by atoms with Crippen molar-refractivity contribution in [3.8, 4) is 0 Å². The third-order valence-corrected chi connectivity index (χ3v) is 5.18. The van der Waals surface area contributed by atoms with Gasteiger partial charge < -0.3 is 9.32 Å². The third kappa shape index (κ3) is 3.12. The molecule has 0 radical (unpaired) electrons. The molecule has 3 rings (SSSR count). The first kappa shape index (κ1) is 16.8. The van der Waals surface area contributed by atoms with Crippen molar-refractivity contribution in [2.24, 2.45) is 7.05 Å². The maximum Gasteiger partial charge on any atom is 0.223 e. The summed E-state index contributed by atoms with van der Waals surface area (Å²) in [4.78, 5) is 14.8. The van der Waals surface area contributed by atoms with Crippen molar-refractivity contribution >= 4 is 5.91 Å². The lowest BCUT2D eigenvalue weighted by Crippen LogP contribution is -2.30. The normalized spacial score (nSPS) is 17.7. The fourth-order valence-corrected chi connectivity index (χ4v) is 3.68. The highest BCUT2D eigenvalue weighted by Crippen LogP contribution is 2.33. The Morgan fingerprint density at radius 3 is 2.79 bits per heavy atom. The standard InChI is InChI=1S/C19H27N3O2/c1-5-15-8-10-18(24-15)17-7-6-12-22(17)19(23)11-9-16-13(2)20-21(4)14(16)3/h8,10,17H,5-7,9,11-12H2,1-4H3. The minimum absolute atomic E-state index is 0.105. The number of amides is 1. The number of furan rings is 1. The number of carbonyl (C=O) groups excluding carboxylic acids is 1. The van der Waals surface area contributed by atoms with Gasteiger partial charge in [-0.1, -0.05) is 6.92 Å². The molecule has 1 aliphatic heterocycles. The van der Waals surface area contributed by atoms with Crippen molar-refractivity contribution in [1.82, 2.24) is 14.7 Å². The van der Waals surface area contributed by atoms with E-state index in [2.05, 4.69) is 18.9 Å². The van der Waals surface area contributed by atoms with E-state index in [1.54, 1.807) is 0 Å². The Kier molecular flexibility index (Phi) is 4.78. The molecule has 0 spiro atoms. The molecule has 5 nitrogen and oxygen atoms in total. The van der Waals surface area contributed by atoms with Gasteiger partial charge in [-0.3, -0.25) is 9.48 Å². The molecule has 0 saturated carbocycles. The molecule has 2 aromatic rings. The zero-order chi connectivity index (χ0) is 17.3. The Labute approximate surface area is 143 Å². The Balaban J connectivity index is 1.67. The summed E-state index contributed by atoms with van der Waals surface area (Å²) in [5, 5.41) is 4.44. The van der Waals surface area contributed by atoms with E-state index in [-0.39, 0.29) is 11.9 Å². The van der Waals surface area contributed by atoms with Gasteiger partial charge in [0, 0.05) is 32.1 Å². The van der Waals surface area contributed by atoms with Crippen LogP contribution < -0.4 is 0 Å². The molecule has 3 heterocycles. The van der Waals surface area contributed by atoms with Crippen molar-refractivity contribution in [3.05, 3.63) is 40.6 Å². The maximum absolute atomic E-state index is 12.8. The van der Waals surface area contributed by atoms with Gasteiger partial charge >= 0.3 is 0 Å². The quantitative estimate of drug-likeness (QED) is 0.844. The molecule has 0 aliphatic carbocycles. The van der Waals surface area contributed by atoms with Crippen molar-refractivity contribution in [1.29, 1.82) is 0 Å². The topological polar surface area (TPSA) is 51.3 Å². The smallest absolute Gasteiger partial charge is 0.223 e. The van der Waals surface area contributed by atoms with E-state index in [4.69, 9.17) is 4.42 Å². The molecule has 1 saturated heterocycles. The van der Waals surface area contributed by atoms with Crippen LogP contribution in [-0.4, -0.2) is 27.1 Å². The summed E-state index contributed by atoms with van der Waals surface area (Å²) in [7, 11) is 1.95. The maximum atomic E-state index is 12.8. The summed E-state index contributed by atoms with van der Waals surface area (Å²) < 4.78 is 7.79. The predicted molar refractivity (Wildman–Crippen MR) is 92.8 cm³/mol. The summed E-state index contributed by atoms with van der Waals surface area (Å²) in [5.74, 6) is 2.15. The van der Waals surface area contributed by atoms with Gasteiger partial charge in [0.1, 0.15) is 11.5 Å². The number of aryl methyl sites for hydroxylation is 3. The summed E-state index contributed by atoms with van der Waals surface area (Å²) in [5.41, 5.74) is 3.38. The lowest BCUT2D eigenvalue weighted by molar-refractivity contribution is -0.132. The Morgan fingerprint density at radius 1 is 1.38 bits per heavy atom. The molecule has 0 aromatic carbocycles. The van der Waals surface area contributed by atoms with E-state index in [1.165, 1.54) is 5.56 Å². The number of hydrogen-bond acceptors (Lipinski definition) is 3. The summed E-state index contributed by atoms with van der Waals surface area (Å²) in [6.45, 7) is 6.99. The minimum atomic E-state index is 0.105. The lowest BCUT2D eigenvalue weighted by atomic mass is 10.1. The molecule has 130 valence electrons. The Hall–Kier alpha value is -2.04. The van der Waals surface area contributed by atoms with E-state index >= 15 is 0 Å². The predicted octanol–water partition coefficient (Wildman–Crippen LogP) is 3.49. The largest absolute Gasteiger partial charge is 0.464 e. The average Bonchev–Trinajstić information content (AvgIpc) is 3.26. The molecule has 0 bridgehead atoms. The van der Waals surface area contributed by atoms with Gasteiger partial charge in [0.25, 0.3) is 0 Å². The molecule has 1 unspecified atom stereocenters. The summed E-state index contributed by atoms with van der Waals surface area (Å²) in [6, 6.07) is 4.16. The van der Waals surface area contributed by atoms with E-state index in [9.17, 15) is 4.79 Å². The number of likely N-dealkylation sites (tertiary alicyclic amines) is 1. The minimum Gasteiger partial charge on any atom is -0.464 e. The SMILES string of the molecule is CCc1ccc(C2CCCN2C(=O)CCc2c(C)nn(C)c2C)o1. The first-order valence-electron chi connectivity index (χ1n) is 8.88. The van der Waals surface area contributed by atoms with Gasteiger partial charge in [-0.15, -0.1) is 0 Å². The van der Waals surface area contributed by atoms with Crippen molar-refractivity contribution in [3.63, 3.8) is 0 Å². The Bertz CT molecular complexity index is 729. The number of hydrogen-bond donors (Lipinski definition) is 0. The average molecular weight is 329 g/mol. The van der Waals surface area contributed by atoms with Gasteiger partial charge in [0.05, 0.1) is 11.7 Å². The van der Waals surface area contributed by atoms with Crippen molar-refractivity contribution in [2.75, 3.05) is 6.54 Å². The first-order chi connectivity index (χ1) is 11.5. The highest BCUT2D eigenvalue weighted by Gasteiger charge is 2.31. The molecule has 2 aromatic heterocycles. The van der Waals surface area contributed by atoms with E-state index in [1.807, 2.05) is 35.7 Å². The number of nitrogens with zero attached hydrogens (tertiary/aromatic N) is 3. The fourth-order valence-electron chi connectivity index (χ4n) is 3.68. The van der Waals surface area contributed by atoms with Crippen LogP contribution in [0.4, 0.5) is 0 Å². The molecular formula is C19H27N3O2. The molecule has 0 N–H and O–H groups in total. The van der Waals surface area contributed by atoms with E-state index in [0.29, 0.717) is 6.42 Å². The summed E-state index contributed by atoms with van der Waals surface area (Å²) >= 11 is 0. The van der Waals surface area contributed by atoms with Crippen LogP contribution >= 0.6 is 0 Å². The van der Waals surface area contributed by atoms with Gasteiger partial charge in [0.2, 0.25) is 5.91 Å². The number of aromatic nitrogens is 2. The van der Waals surface area contributed by atoms with Gasteiger partial charge in [0.15, 0.2) is 0 Å². The molecular weight excluding hydrogens is 302 g/mol. The van der Waals surface area contributed by atoms with E-state index in [0.717, 1.165) is 55.1 Å². The Morgan fingerprint density at radius 2 is 2.17 bits per heavy atom. The fraction of sp³-hybridized carbons (Fsp3) is 0.579. The lowest BCUT2D eigenvalue weighted by Gasteiger charge is -2.23. The third-order valence-electron chi connectivity index (χ3n) is 5.18.